The number of hydrogen-bond acceptors (Lipinski definition) is 5. The summed E-state index contributed by atoms with van der Waals surface area (Å²) in [6, 6.07) is 8.80. The fourth-order valence-corrected chi connectivity index (χ4v) is 3.97. The van der Waals surface area contributed by atoms with Gasteiger partial charge in [-0.05, 0) is 30.9 Å². The molecule has 0 heterocycles. The maximum absolute atomic E-state index is 12.4. The predicted octanol–water partition coefficient (Wildman–Crippen LogP) is 2.79. The van der Waals surface area contributed by atoms with Crippen LogP contribution in [0, 0.1) is 5.92 Å². The molecule has 0 saturated carbocycles. The average Bonchev–Trinajstić information content (AvgIpc) is 2.56. The monoisotopic (exact) mass is 373 g/mol. The molecule has 1 aromatic rings. The van der Waals surface area contributed by atoms with Crippen LogP contribution in [0.25, 0.3) is 0 Å². The summed E-state index contributed by atoms with van der Waals surface area (Å²) in [6.45, 7) is 0. The number of carbonyl (C=O) groups excluding carboxylic acids is 1. The molecule has 0 spiro atoms. The van der Waals surface area contributed by atoms with E-state index in [1.54, 1.807) is 23.5 Å². The fraction of sp³-hybridized carbons (Fsp3) is 0.500. The largest absolute Gasteiger partial charge is 0.480 e. The van der Waals surface area contributed by atoms with Gasteiger partial charge in [0, 0.05) is 5.75 Å². The van der Waals surface area contributed by atoms with Crippen LogP contribution in [-0.4, -0.2) is 45.9 Å². The van der Waals surface area contributed by atoms with Crippen molar-refractivity contribution in [3.05, 3.63) is 35.9 Å². The molecule has 7 heteroatoms. The van der Waals surface area contributed by atoms with Crippen LogP contribution in [0.2, 0.25) is 0 Å². The van der Waals surface area contributed by atoms with E-state index in [4.69, 9.17) is 0 Å². The minimum absolute atomic E-state index is 0.139. The highest BCUT2D eigenvalue weighted by atomic mass is 32.2. The quantitative estimate of drug-likeness (QED) is 0.435. The summed E-state index contributed by atoms with van der Waals surface area (Å²) in [7, 11) is 0. The number of aliphatic carboxylic acids is 1. The van der Waals surface area contributed by atoms with Crippen molar-refractivity contribution in [3.8, 4) is 0 Å². The van der Waals surface area contributed by atoms with Gasteiger partial charge < -0.3 is 10.4 Å². The Bertz CT molecular complexity index is 495. The molecule has 2 N–H and O–H groups in total. The van der Waals surface area contributed by atoms with Crippen LogP contribution in [0.4, 0.5) is 0 Å². The van der Waals surface area contributed by atoms with Crippen molar-refractivity contribution in [1.29, 1.82) is 0 Å². The van der Waals surface area contributed by atoms with Gasteiger partial charge in [0.15, 0.2) is 0 Å². The Hall–Kier alpha value is -0.790. The summed E-state index contributed by atoms with van der Waals surface area (Å²) in [5.74, 6) is -1.22. The molecule has 2 unspecified atom stereocenters. The third kappa shape index (κ3) is 7.10. The van der Waals surface area contributed by atoms with Crippen LogP contribution in [0.1, 0.15) is 12.0 Å². The van der Waals surface area contributed by atoms with E-state index in [2.05, 4.69) is 17.9 Å². The van der Waals surface area contributed by atoms with E-state index in [0.29, 0.717) is 18.6 Å². The van der Waals surface area contributed by atoms with E-state index in [9.17, 15) is 14.7 Å². The molecule has 0 fully saturated rings. The molecule has 1 aromatic carbocycles. The van der Waals surface area contributed by atoms with Crippen molar-refractivity contribution in [1.82, 2.24) is 5.32 Å². The van der Waals surface area contributed by atoms with Gasteiger partial charge in [-0.25, -0.2) is 4.79 Å². The number of rotatable bonds is 10. The third-order valence-electron chi connectivity index (χ3n) is 3.48. The topological polar surface area (TPSA) is 66.4 Å². The maximum Gasteiger partial charge on any atom is 0.326 e. The molecule has 0 aliphatic rings. The summed E-state index contributed by atoms with van der Waals surface area (Å²) in [4.78, 5) is 23.8. The van der Waals surface area contributed by atoms with Gasteiger partial charge >= 0.3 is 5.97 Å². The van der Waals surface area contributed by atoms with Gasteiger partial charge in [-0.1, -0.05) is 30.3 Å². The standard InChI is InChI=1S/C16H23NO3S3/c1-22-14(23-2)9-13(16(19)20)17-15(18)12(10-21)8-11-6-4-3-5-7-11/h3-7,12-14,21H,8-10H2,1-2H3,(H,17,18)(H,19,20). The molecule has 0 aromatic heterocycles. The van der Waals surface area contributed by atoms with Gasteiger partial charge in [0.25, 0.3) is 0 Å². The van der Waals surface area contributed by atoms with Gasteiger partial charge in [-0.3, -0.25) is 4.79 Å². The molecule has 128 valence electrons. The Morgan fingerprint density at radius 3 is 2.30 bits per heavy atom. The Kier molecular flexibility index (Phi) is 9.59. The lowest BCUT2D eigenvalue weighted by Crippen LogP contribution is -2.45. The van der Waals surface area contributed by atoms with Crippen LogP contribution >= 0.6 is 36.2 Å². The molecule has 23 heavy (non-hydrogen) atoms. The molecule has 1 rings (SSSR count). The molecule has 0 saturated heterocycles. The zero-order valence-electron chi connectivity index (χ0n) is 13.3. The number of nitrogens with one attached hydrogen (secondary N) is 1. The van der Waals surface area contributed by atoms with E-state index in [1.165, 1.54) is 0 Å². The van der Waals surface area contributed by atoms with E-state index in [-0.39, 0.29) is 16.4 Å². The highest BCUT2D eigenvalue weighted by Crippen LogP contribution is 2.24. The molecule has 0 aliphatic carbocycles. The Morgan fingerprint density at radius 1 is 1.22 bits per heavy atom. The van der Waals surface area contributed by atoms with E-state index >= 15 is 0 Å². The maximum atomic E-state index is 12.4. The van der Waals surface area contributed by atoms with E-state index in [0.717, 1.165) is 5.56 Å². The number of carboxylic acid groups (broad SMARTS) is 1. The lowest BCUT2D eigenvalue weighted by Gasteiger charge is -2.22. The van der Waals surface area contributed by atoms with E-state index < -0.39 is 12.0 Å². The summed E-state index contributed by atoms with van der Waals surface area (Å²) in [6.07, 6.45) is 4.83. The number of benzene rings is 1. The van der Waals surface area contributed by atoms with Gasteiger partial charge in [-0.15, -0.1) is 0 Å². The zero-order valence-corrected chi connectivity index (χ0v) is 15.8. The third-order valence-corrected chi connectivity index (χ3v) is 6.52. The Morgan fingerprint density at radius 2 is 1.83 bits per heavy atom. The lowest BCUT2D eigenvalue weighted by atomic mass is 9.99. The highest BCUT2D eigenvalue weighted by Gasteiger charge is 2.27. The summed E-state index contributed by atoms with van der Waals surface area (Å²) >= 11 is 7.44. The first kappa shape index (κ1) is 20.3. The predicted molar refractivity (Wildman–Crippen MR) is 102 cm³/mol. The van der Waals surface area contributed by atoms with Crippen LogP contribution in [0.15, 0.2) is 30.3 Å². The van der Waals surface area contributed by atoms with E-state index in [1.807, 2.05) is 42.8 Å². The molecular weight excluding hydrogens is 350 g/mol. The highest BCUT2D eigenvalue weighted by molar-refractivity contribution is 8.16. The number of amides is 1. The molecule has 4 nitrogen and oxygen atoms in total. The number of carbonyl (C=O) groups is 2. The van der Waals surface area contributed by atoms with Gasteiger partial charge in [0.1, 0.15) is 6.04 Å². The molecule has 0 bridgehead atoms. The summed E-state index contributed by atoms with van der Waals surface area (Å²) in [5, 5.41) is 12.0. The SMILES string of the molecule is CSC(CC(NC(=O)C(CS)Cc1ccccc1)C(=O)O)SC. The van der Waals surface area contributed by atoms with Crippen molar-refractivity contribution < 1.29 is 14.7 Å². The second-order valence-electron chi connectivity index (χ2n) is 5.11. The lowest BCUT2D eigenvalue weighted by molar-refractivity contribution is -0.142. The van der Waals surface area contributed by atoms with Crippen molar-refractivity contribution in [2.24, 2.45) is 5.92 Å². The molecule has 1 amide bonds. The van der Waals surface area contributed by atoms with Gasteiger partial charge in [-0.2, -0.15) is 36.2 Å². The molecule has 0 aliphatic heterocycles. The Labute approximate surface area is 151 Å². The second-order valence-corrected chi connectivity index (χ2v) is 7.85. The molecule has 0 radical (unpaired) electrons. The fourth-order valence-electron chi connectivity index (χ4n) is 2.13. The Balaban J connectivity index is 2.69. The second kappa shape index (κ2) is 10.9. The van der Waals surface area contributed by atoms with Gasteiger partial charge in [0.2, 0.25) is 5.91 Å². The smallest absolute Gasteiger partial charge is 0.326 e. The van der Waals surface area contributed by atoms with Crippen molar-refractivity contribution in [2.45, 2.75) is 23.5 Å². The van der Waals surface area contributed by atoms with Crippen LogP contribution in [0.5, 0.6) is 0 Å². The van der Waals surface area contributed by atoms with Gasteiger partial charge in [0.05, 0.1) is 10.5 Å². The number of hydrogen-bond donors (Lipinski definition) is 3. The van der Waals surface area contributed by atoms with Crippen molar-refractivity contribution >= 4 is 48.0 Å². The number of thiol groups is 1. The number of carboxylic acids is 1. The number of thioether (sulfide) groups is 2. The minimum atomic E-state index is -0.996. The van der Waals surface area contributed by atoms with Crippen LogP contribution in [-0.2, 0) is 16.0 Å². The molecular formula is C16H23NO3S3. The van der Waals surface area contributed by atoms with Crippen LogP contribution in [0.3, 0.4) is 0 Å². The van der Waals surface area contributed by atoms with Crippen molar-refractivity contribution in [3.63, 3.8) is 0 Å². The first-order valence-electron chi connectivity index (χ1n) is 7.25. The minimum Gasteiger partial charge on any atom is -0.480 e. The first-order valence-corrected chi connectivity index (χ1v) is 10.5. The normalized spacial score (nSPS) is 13.6. The van der Waals surface area contributed by atoms with Crippen molar-refractivity contribution in [2.75, 3.05) is 18.3 Å². The first-order chi connectivity index (χ1) is 11.0. The molecule has 2 atom stereocenters. The zero-order chi connectivity index (χ0) is 17.2. The summed E-state index contributed by atoms with van der Waals surface area (Å²) < 4.78 is 0.139. The average molecular weight is 374 g/mol. The summed E-state index contributed by atoms with van der Waals surface area (Å²) in [5.41, 5.74) is 1.04. The van der Waals surface area contributed by atoms with Crippen LogP contribution < -0.4 is 5.32 Å².